The Bertz CT molecular complexity index is 821. The second kappa shape index (κ2) is 9.49. The van der Waals surface area contributed by atoms with Crippen LogP contribution in [0.4, 0.5) is 0 Å². The van der Waals surface area contributed by atoms with Crippen molar-refractivity contribution < 1.29 is 14.3 Å². The molecular weight excluding hydrogens is 372 g/mol. The van der Waals surface area contributed by atoms with E-state index < -0.39 is 0 Å². The molecule has 3 aliphatic rings. The highest BCUT2D eigenvalue weighted by Gasteiger charge is 2.31. The van der Waals surface area contributed by atoms with E-state index in [1.165, 1.54) is 64.9 Å². The lowest BCUT2D eigenvalue weighted by Crippen LogP contribution is -2.24. The minimum absolute atomic E-state index is 0.280. The number of hydrogen-bond donors (Lipinski definition) is 0. The van der Waals surface area contributed by atoms with Crippen LogP contribution in [-0.2, 0) is 20.7 Å². The molecule has 0 unspecified atom stereocenters. The summed E-state index contributed by atoms with van der Waals surface area (Å²) in [6.45, 7) is 2.06. The van der Waals surface area contributed by atoms with Crippen molar-refractivity contribution in [3.05, 3.63) is 40.5 Å². The van der Waals surface area contributed by atoms with E-state index in [2.05, 4.69) is 25.1 Å². The maximum Gasteiger partial charge on any atom is 0.334 e. The van der Waals surface area contributed by atoms with Gasteiger partial charge in [-0.3, -0.25) is 4.79 Å². The summed E-state index contributed by atoms with van der Waals surface area (Å²) in [5, 5.41) is 0. The first kappa shape index (κ1) is 21.3. The van der Waals surface area contributed by atoms with Crippen molar-refractivity contribution in [2.24, 2.45) is 17.8 Å². The normalized spacial score (nSPS) is 24.6. The molecule has 0 atom stereocenters. The molecule has 0 N–H and O–H groups in total. The Morgan fingerprint density at radius 2 is 1.67 bits per heavy atom. The summed E-state index contributed by atoms with van der Waals surface area (Å²) in [7, 11) is 1.42. The Labute approximate surface area is 181 Å². The Balaban J connectivity index is 1.37. The van der Waals surface area contributed by atoms with Gasteiger partial charge in [-0.05, 0) is 67.1 Å². The molecule has 3 heteroatoms. The number of carbonyl (C=O) groups is 2. The van der Waals surface area contributed by atoms with Crippen LogP contribution in [0.15, 0.2) is 23.8 Å². The van der Waals surface area contributed by atoms with Gasteiger partial charge in [-0.25, -0.2) is 4.79 Å². The summed E-state index contributed by atoms with van der Waals surface area (Å²) in [6, 6.07) is 6.27. The van der Waals surface area contributed by atoms with Gasteiger partial charge in [-0.1, -0.05) is 55.9 Å². The van der Waals surface area contributed by atoms with E-state index in [0.717, 1.165) is 34.1 Å². The van der Waals surface area contributed by atoms with Crippen molar-refractivity contribution in [3.8, 4) is 0 Å². The van der Waals surface area contributed by atoms with Gasteiger partial charge in [0.25, 0.3) is 0 Å². The molecule has 2 saturated carbocycles. The fraction of sp³-hybridized carbons (Fsp3) is 0.630. The average Bonchev–Trinajstić information content (AvgIpc) is 3.11. The number of ether oxygens (including phenoxy) is 1. The van der Waals surface area contributed by atoms with Crippen molar-refractivity contribution in [1.29, 1.82) is 0 Å². The van der Waals surface area contributed by atoms with Crippen LogP contribution in [0.2, 0.25) is 0 Å². The zero-order valence-corrected chi connectivity index (χ0v) is 18.7. The average molecular weight is 409 g/mol. The minimum Gasteiger partial charge on any atom is -0.466 e. The molecule has 0 spiro atoms. The van der Waals surface area contributed by atoms with Gasteiger partial charge in [0.15, 0.2) is 0 Å². The summed E-state index contributed by atoms with van der Waals surface area (Å²) in [4.78, 5) is 25.4. The van der Waals surface area contributed by atoms with Crippen LogP contribution in [0.5, 0.6) is 0 Å². The zero-order valence-electron chi connectivity index (χ0n) is 18.7. The molecule has 1 aromatic rings. The molecule has 3 aliphatic carbocycles. The van der Waals surface area contributed by atoms with Gasteiger partial charge in [0, 0.05) is 24.8 Å². The van der Waals surface area contributed by atoms with Gasteiger partial charge in [0.2, 0.25) is 0 Å². The van der Waals surface area contributed by atoms with E-state index in [4.69, 9.17) is 4.74 Å². The molecule has 0 aliphatic heterocycles. The van der Waals surface area contributed by atoms with Crippen LogP contribution >= 0.6 is 0 Å². The molecule has 0 aromatic heterocycles. The number of benzene rings is 1. The first-order chi connectivity index (χ1) is 14.5. The number of allylic oxidation sites excluding steroid dienone is 1. The molecule has 4 rings (SSSR count). The SMILES string of the molecule is COC(=O)C1=C(CC(=O)CC2CCC(C3CCCCC3)CC2)c2cc(C)ccc2C1. The van der Waals surface area contributed by atoms with Crippen LogP contribution in [0, 0.1) is 24.7 Å². The van der Waals surface area contributed by atoms with Crippen molar-refractivity contribution >= 4 is 17.3 Å². The second-order valence-electron chi connectivity index (χ2n) is 9.88. The fourth-order valence-electron chi connectivity index (χ4n) is 6.17. The topological polar surface area (TPSA) is 43.4 Å². The summed E-state index contributed by atoms with van der Waals surface area (Å²) in [5.74, 6) is 2.36. The van der Waals surface area contributed by atoms with Crippen molar-refractivity contribution in [3.63, 3.8) is 0 Å². The van der Waals surface area contributed by atoms with E-state index in [-0.39, 0.29) is 11.8 Å². The predicted molar refractivity (Wildman–Crippen MR) is 120 cm³/mol. The van der Waals surface area contributed by atoms with E-state index >= 15 is 0 Å². The van der Waals surface area contributed by atoms with Crippen molar-refractivity contribution in [2.75, 3.05) is 7.11 Å². The van der Waals surface area contributed by atoms with Crippen LogP contribution < -0.4 is 0 Å². The van der Waals surface area contributed by atoms with Gasteiger partial charge < -0.3 is 4.74 Å². The number of aryl methyl sites for hydroxylation is 1. The Morgan fingerprint density at radius 1 is 0.967 bits per heavy atom. The van der Waals surface area contributed by atoms with Crippen LogP contribution in [0.3, 0.4) is 0 Å². The molecule has 30 heavy (non-hydrogen) atoms. The summed E-state index contributed by atoms with van der Waals surface area (Å²) in [6.07, 6.45) is 13.7. The summed E-state index contributed by atoms with van der Waals surface area (Å²) >= 11 is 0. The van der Waals surface area contributed by atoms with Gasteiger partial charge in [-0.2, -0.15) is 0 Å². The number of rotatable bonds is 6. The Morgan fingerprint density at radius 3 is 2.37 bits per heavy atom. The number of fused-ring (bicyclic) bond motifs is 1. The Kier molecular flexibility index (Phi) is 6.75. The van der Waals surface area contributed by atoms with Crippen molar-refractivity contribution in [2.45, 2.75) is 84.0 Å². The lowest BCUT2D eigenvalue weighted by Gasteiger charge is -2.35. The zero-order chi connectivity index (χ0) is 21.1. The smallest absolute Gasteiger partial charge is 0.334 e. The molecule has 162 valence electrons. The first-order valence-electron chi connectivity index (χ1n) is 12.0. The number of carbonyl (C=O) groups excluding carboxylic acids is 2. The molecule has 0 heterocycles. The molecule has 3 nitrogen and oxygen atoms in total. The molecule has 0 saturated heterocycles. The number of esters is 1. The third kappa shape index (κ3) is 4.71. The number of methoxy groups -OCH3 is 1. The monoisotopic (exact) mass is 408 g/mol. The first-order valence-corrected chi connectivity index (χ1v) is 12.0. The maximum absolute atomic E-state index is 13.0. The lowest BCUT2D eigenvalue weighted by atomic mass is 9.70. The molecule has 2 fully saturated rings. The number of Topliss-reactive ketones (excluding diaryl/α,β-unsaturated/α-hetero) is 1. The lowest BCUT2D eigenvalue weighted by molar-refractivity contribution is -0.136. The Hall–Kier alpha value is -1.90. The van der Waals surface area contributed by atoms with E-state index in [1.807, 2.05) is 0 Å². The van der Waals surface area contributed by atoms with Crippen molar-refractivity contribution in [1.82, 2.24) is 0 Å². The van der Waals surface area contributed by atoms with Gasteiger partial charge in [-0.15, -0.1) is 0 Å². The van der Waals surface area contributed by atoms with E-state index in [1.54, 1.807) is 0 Å². The third-order valence-corrected chi connectivity index (χ3v) is 7.85. The second-order valence-corrected chi connectivity index (χ2v) is 9.88. The fourth-order valence-corrected chi connectivity index (χ4v) is 6.17. The summed E-state index contributed by atoms with van der Waals surface area (Å²) in [5.41, 5.74) is 4.95. The van der Waals surface area contributed by atoms with Gasteiger partial charge in [0.05, 0.1) is 7.11 Å². The quantitative estimate of drug-likeness (QED) is 0.525. The highest BCUT2D eigenvalue weighted by Crippen LogP contribution is 2.42. The number of hydrogen-bond acceptors (Lipinski definition) is 3. The summed E-state index contributed by atoms with van der Waals surface area (Å²) < 4.78 is 5.02. The minimum atomic E-state index is -0.292. The molecule has 1 aromatic carbocycles. The van der Waals surface area contributed by atoms with Crippen LogP contribution in [-0.4, -0.2) is 18.9 Å². The van der Waals surface area contributed by atoms with Gasteiger partial charge in [0.1, 0.15) is 5.78 Å². The van der Waals surface area contributed by atoms with E-state index in [9.17, 15) is 9.59 Å². The molecular formula is C27H36O3. The molecule has 0 bridgehead atoms. The maximum atomic E-state index is 13.0. The third-order valence-electron chi connectivity index (χ3n) is 7.85. The predicted octanol–water partition coefficient (Wildman–Crippen LogP) is 6.21. The van der Waals surface area contributed by atoms with Crippen LogP contribution in [0.1, 0.15) is 87.3 Å². The highest BCUT2D eigenvalue weighted by molar-refractivity contribution is 6.05. The largest absolute Gasteiger partial charge is 0.466 e. The van der Waals surface area contributed by atoms with Crippen LogP contribution in [0.25, 0.3) is 5.57 Å². The van der Waals surface area contributed by atoms with Gasteiger partial charge >= 0.3 is 5.97 Å². The van der Waals surface area contributed by atoms with E-state index in [0.29, 0.717) is 30.8 Å². The number of ketones is 1. The molecule has 0 radical (unpaired) electrons. The molecule has 0 amide bonds. The highest BCUT2D eigenvalue weighted by atomic mass is 16.5. The standard InChI is InChI=1S/C27H36O3/c1-18-8-11-22-16-26(27(29)30-2)25(24(22)14-18)17-23(28)15-19-9-12-21(13-10-19)20-6-4-3-5-7-20/h8,11,14,19-21H,3-7,9-10,12-13,15-17H2,1-2H3.